The summed E-state index contributed by atoms with van der Waals surface area (Å²) in [5.41, 5.74) is 19.3. The number of halogens is 2. The van der Waals surface area contributed by atoms with E-state index in [9.17, 15) is 8.78 Å². The summed E-state index contributed by atoms with van der Waals surface area (Å²) in [4.78, 5) is 4.39. The lowest BCUT2D eigenvalue weighted by Gasteiger charge is -2.13. The first-order chi connectivity index (χ1) is 13.4. The molecule has 2 aromatic carbocycles. The van der Waals surface area contributed by atoms with E-state index in [1.165, 1.54) is 18.2 Å². The van der Waals surface area contributed by atoms with Crippen LogP contribution in [0.2, 0.25) is 0 Å². The molecule has 0 bridgehead atoms. The van der Waals surface area contributed by atoms with E-state index in [1.54, 1.807) is 30.4 Å². The molecule has 1 saturated carbocycles. The van der Waals surface area contributed by atoms with Crippen molar-refractivity contribution in [3.8, 4) is 11.4 Å². The van der Waals surface area contributed by atoms with Gasteiger partial charge in [-0.1, -0.05) is 24.3 Å². The smallest absolute Gasteiger partial charge is 0.181 e. The van der Waals surface area contributed by atoms with Crippen molar-refractivity contribution in [2.75, 3.05) is 5.73 Å². The number of hydrogen-bond acceptors (Lipinski definition) is 5. The number of nitrogen functional groups attached to an aromatic ring is 1. The molecule has 0 radical (unpaired) electrons. The first-order valence-corrected chi connectivity index (χ1v) is 8.86. The quantitative estimate of drug-likeness (QED) is 0.506. The molecule has 0 amide bonds. The van der Waals surface area contributed by atoms with Crippen LogP contribution in [0.3, 0.4) is 0 Å². The van der Waals surface area contributed by atoms with Gasteiger partial charge in [0.1, 0.15) is 17.5 Å². The highest BCUT2D eigenvalue weighted by Gasteiger charge is 2.43. The third-order valence-corrected chi connectivity index (χ3v) is 4.89. The third kappa shape index (κ3) is 3.51. The lowest BCUT2D eigenvalue weighted by atomic mass is 10.0. The van der Waals surface area contributed by atoms with Crippen LogP contribution in [-0.2, 0) is 5.54 Å². The van der Waals surface area contributed by atoms with Gasteiger partial charge in [-0.05, 0) is 48.2 Å². The number of benzene rings is 2. The second kappa shape index (κ2) is 6.81. The predicted molar refractivity (Wildman–Crippen MR) is 104 cm³/mol. The zero-order chi connectivity index (χ0) is 19.9. The van der Waals surface area contributed by atoms with Gasteiger partial charge in [0.05, 0.1) is 17.3 Å². The molecule has 7 N–H and O–H groups in total. The molecule has 1 aliphatic carbocycles. The maximum absolute atomic E-state index is 14.4. The van der Waals surface area contributed by atoms with Crippen molar-refractivity contribution >= 4 is 11.8 Å². The van der Waals surface area contributed by atoms with Gasteiger partial charge in [0.2, 0.25) is 0 Å². The Balaban J connectivity index is 1.63. The SMILES string of the molecule is Nc1c(F)cc(-c2n[nH]c(C3(N)CC3)n2)cc1C(N)/C=C/c1ccc(F)cc1. The van der Waals surface area contributed by atoms with Crippen LogP contribution in [-0.4, -0.2) is 15.2 Å². The number of aromatic nitrogens is 3. The van der Waals surface area contributed by atoms with Crippen LogP contribution in [0.4, 0.5) is 14.5 Å². The molecule has 1 heterocycles. The molecule has 1 aliphatic rings. The van der Waals surface area contributed by atoms with Crippen molar-refractivity contribution in [3.63, 3.8) is 0 Å². The van der Waals surface area contributed by atoms with Crippen molar-refractivity contribution in [2.45, 2.75) is 24.4 Å². The number of nitrogens with zero attached hydrogens (tertiary/aromatic N) is 2. The molecule has 6 nitrogen and oxygen atoms in total. The maximum atomic E-state index is 14.4. The maximum Gasteiger partial charge on any atom is 0.181 e. The molecular formula is C20H20F2N6. The van der Waals surface area contributed by atoms with Crippen molar-refractivity contribution in [2.24, 2.45) is 11.5 Å². The van der Waals surface area contributed by atoms with Crippen molar-refractivity contribution < 1.29 is 8.78 Å². The monoisotopic (exact) mass is 382 g/mol. The molecule has 1 fully saturated rings. The van der Waals surface area contributed by atoms with Crippen LogP contribution in [0.15, 0.2) is 42.5 Å². The molecule has 144 valence electrons. The summed E-state index contributed by atoms with van der Waals surface area (Å²) in [6, 6.07) is 8.22. The number of hydrogen-bond donors (Lipinski definition) is 4. The van der Waals surface area contributed by atoms with Crippen LogP contribution >= 0.6 is 0 Å². The minimum absolute atomic E-state index is 0.0340. The van der Waals surface area contributed by atoms with Crippen LogP contribution in [0, 0.1) is 11.6 Å². The van der Waals surface area contributed by atoms with Gasteiger partial charge in [-0.15, -0.1) is 0 Å². The summed E-state index contributed by atoms with van der Waals surface area (Å²) in [5.74, 6) is -0.00136. The zero-order valence-corrected chi connectivity index (χ0v) is 15.0. The molecule has 3 aromatic rings. The first kappa shape index (κ1) is 18.3. The molecule has 8 heteroatoms. The largest absolute Gasteiger partial charge is 0.396 e. The third-order valence-electron chi connectivity index (χ3n) is 4.89. The molecule has 1 atom stereocenters. The molecule has 0 aliphatic heterocycles. The Hall–Kier alpha value is -3.10. The molecule has 28 heavy (non-hydrogen) atoms. The topological polar surface area (TPSA) is 120 Å². The highest BCUT2D eigenvalue weighted by Crippen LogP contribution is 2.41. The Morgan fingerprint density at radius 1 is 1.14 bits per heavy atom. The van der Waals surface area contributed by atoms with E-state index in [4.69, 9.17) is 17.2 Å². The number of nitrogens with two attached hydrogens (primary N) is 3. The standard InChI is InChI=1S/C20H20F2N6/c21-13-4-1-11(2-5-13)3-6-16(23)14-9-12(10-15(22)17(14)24)18-26-19(28-27-18)20(25)7-8-20/h1-6,9-10,16H,7-8,23-25H2,(H,26,27,28)/b6-3+. The van der Waals surface area contributed by atoms with Crippen molar-refractivity contribution in [3.05, 3.63) is 71.1 Å². The zero-order valence-electron chi connectivity index (χ0n) is 15.0. The normalized spacial score (nSPS) is 16.4. The van der Waals surface area contributed by atoms with Gasteiger partial charge in [-0.25, -0.2) is 13.8 Å². The summed E-state index contributed by atoms with van der Waals surface area (Å²) < 4.78 is 27.4. The Bertz CT molecular complexity index is 1040. The van der Waals surface area contributed by atoms with E-state index in [-0.39, 0.29) is 11.5 Å². The van der Waals surface area contributed by atoms with E-state index < -0.39 is 17.4 Å². The Labute approximate surface area is 160 Å². The Morgan fingerprint density at radius 2 is 1.86 bits per heavy atom. The fourth-order valence-electron chi connectivity index (χ4n) is 2.92. The van der Waals surface area contributed by atoms with Gasteiger partial charge in [0.25, 0.3) is 0 Å². The average molecular weight is 382 g/mol. The minimum atomic E-state index is -0.665. The molecule has 1 unspecified atom stereocenters. The highest BCUT2D eigenvalue weighted by molar-refractivity contribution is 5.65. The van der Waals surface area contributed by atoms with Crippen LogP contribution in [0.1, 0.15) is 35.8 Å². The summed E-state index contributed by atoms with van der Waals surface area (Å²) in [6.45, 7) is 0. The molecule has 0 saturated heterocycles. The number of nitrogens with one attached hydrogen (secondary N) is 1. The molecular weight excluding hydrogens is 362 g/mol. The van der Waals surface area contributed by atoms with E-state index in [0.717, 1.165) is 18.4 Å². The summed E-state index contributed by atoms with van der Waals surface area (Å²) in [7, 11) is 0. The minimum Gasteiger partial charge on any atom is -0.396 e. The summed E-state index contributed by atoms with van der Waals surface area (Å²) >= 11 is 0. The van der Waals surface area contributed by atoms with E-state index in [1.807, 2.05) is 0 Å². The van der Waals surface area contributed by atoms with Gasteiger partial charge in [0, 0.05) is 5.56 Å². The molecule has 0 spiro atoms. The fourth-order valence-corrected chi connectivity index (χ4v) is 2.92. The van der Waals surface area contributed by atoms with Gasteiger partial charge in [-0.2, -0.15) is 5.10 Å². The van der Waals surface area contributed by atoms with Crippen LogP contribution < -0.4 is 17.2 Å². The van der Waals surface area contributed by atoms with Crippen molar-refractivity contribution in [1.29, 1.82) is 0 Å². The number of anilines is 1. The fraction of sp³-hybridized carbons (Fsp3) is 0.200. The Kier molecular flexibility index (Phi) is 4.44. The lowest BCUT2D eigenvalue weighted by Crippen LogP contribution is -2.20. The predicted octanol–water partition coefficient (Wildman–Crippen LogP) is 2.99. The summed E-state index contributed by atoms with van der Waals surface area (Å²) in [6.07, 6.45) is 5.07. The molecule has 4 rings (SSSR count). The number of rotatable bonds is 5. The van der Waals surface area contributed by atoms with Gasteiger partial charge < -0.3 is 17.2 Å². The van der Waals surface area contributed by atoms with Crippen LogP contribution in [0.5, 0.6) is 0 Å². The first-order valence-electron chi connectivity index (χ1n) is 8.86. The Morgan fingerprint density at radius 3 is 2.54 bits per heavy atom. The van der Waals surface area contributed by atoms with E-state index >= 15 is 0 Å². The van der Waals surface area contributed by atoms with E-state index in [2.05, 4.69) is 15.2 Å². The van der Waals surface area contributed by atoms with Crippen molar-refractivity contribution in [1.82, 2.24) is 15.2 Å². The van der Waals surface area contributed by atoms with Gasteiger partial charge in [0.15, 0.2) is 5.82 Å². The second-order valence-electron chi connectivity index (χ2n) is 7.06. The van der Waals surface area contributed by atoms with Gasteiger partial charge in [-0.3, -0.25) is 5.10 Å². The highest BCUT2D eigenvalue weighted by atomic mass is 19.1. The summed E-state index contributed by atoms with van der Waals surface area (Å²) in [5, 5.41) is 6.97. The number of H-pyrrole nitrogens is 1. The number of aromatic amines is 1. The van der Waals surface area contributed by atoms with Gasteiger partial charge >= 0.3 is 0 Å². The van der Waals surface area contributed by atoms with E-state index in [0.29, 0.717) is 22.8 Å². The second-order valence-corrected chi connectivity index (χ2v) is 7.06. The van der Waals surface area contributed by atoms with Crippen LogP contribution in [0.25, 0.3) is 17.5 Å². The lowest BCUT2D eigenvalue weighted by molar-refractivity contribution is 0.627. The average Bonchev–Trinajstić information content (AvgIpc) is 3.23. The molecule has 1 aromatic heterocycles.